The molecule has 1 aromatic heterocycles. The second kappa shape index (κ2) is 6.73. The number of nitrogens with zero attached hydrogens (tertiary/aromatic N) is 2. The van der Waals surface area contributed by atoms with Crippen molar-refractivity contribution in [1.29, 1.82) is 0 Å². The van der Waals surface area contributed by atoms with Crippen LogP contribution in [0.15, 0.2) is 30.3 Å². The molecule has 4 rings (SSSR count). The van der Waals surface area contributed by atoms with Gasteiger partial charge in [-0.2, -0.15) is 15.4 Å². The summed E-state index contributed by atoms with van der Waals surface area (Å²) in [4.78, 5) is 12.9. The molecule has 6 heteroatoms. The number of hydrogen-bond acceptors (Lipinski definition) is 4. The van der Waals surface area contributed by atoms with Crippen molar-refractivity contribution in [1.82, 2.24) is 20.7 Å². The zero-order chi connectivity index (χ0) is 16.4. The summed E-state index contributed by atoms with van der Waals surface area (Å²) >= 11 is 0. The van der Waals surface area contributed by atoms with Crippen LogP contribution in [0.5, 0.6) is 0 Å². The molecule has 1 aliphatic heterocycles. The van der Waals surface area contributed by atoms with Gasteiger partial charge in [0.1, 0.15) is 0 Å². The highest BCUT2D eigenvalue weighted by molar-refractivity contribution is 5.79. The maximum Gasteiger partial charge on any atom is 0.224 e. The molecule has 6 nitrogen and oxygen atoms in total. The molecular weight excluding hydrogens is 304 g/mol. The SMILES string of the molecule is O=C(NC(c1ccccc1)C1CCOC1)C1CCc2n[nH]nc2C1. The van der Waals surface area contributed by atoms with E-state index in [9.17, 15) is 4.79 Å². The summed E-state index contributed by atoms with van der Waals surface area (Å²) in [6.45, 7) is 1.48. The van der Waals surface area contributed by atoms with Gasteiger partial charge in [0.15, 0.2) is 0 Å². The van der Waals surface area contributed by atoms with E-state index in [4.69, 9.17) is 4.74 Å². The lowest BCUT2D eigenvalue weighted by Crippen LogP contribution is -2.39. The number of aryl methyl sites for hydroxylation is 1. The molecule has 126 valence electrons. The van der Waals surface area contributed by atoms with Crippen molar-refractivity contribution < 1.29 is 9.53 Å². The molecule has 1 saturated heterocycles. The first kappa shape index (κ1) is 15.3. The van der Waals surface area contributed by atoms with Crippen molar-refractivity contribution >= 4 is 5.91 Å². The number of carbonyl (C=O) groups excluding carboxylic acids is 1. The van der Waals surface area contributed by atoms with Crippen LogP contribution in [0.1, 0.15) is 35.8 Å². The summed E-state index contributed by atoms with van der Waals surface area (Å²) < 4.78 is 5.55. The lowest BCUT2D eigenvalue weighted by atomic mass is 9.87. The molecule has 0 spiro atoms. The van der Waals surface area contributed by atoms with Gasteiger partial charge in [-0.1, -0.05) is 30.3 Å². The highest BCUT2D eigenvalue weighted by Crippen LogP contribution is 2.30. The molecule has 2 heterocycles. The van der Waals surface area contributed by atoms with Crippen LogP contribution in [0.25, 0.3) is 0 Å². The zero-order valence-electron chi connectivity index (χ0n) is 13.6. The van der Waals surface area contributed by atoms with Crippen LogP contribution in [0.3, 0.4) is 0 Å². The summed E-state index contributed by atoms with van der Waals surface area (Å²) in [5.74, 6) is 0.420. The zero-order valence-corrected chi connectivity index (χ0v) is 13.6. The van der Waals surface area contributed by atoms with Gasteiger partial charge < -0.3 is 10.1 Å². The van der Waals surface area contributed by atoms with E-state index in [0.29, 0.717) is 18.9 Å². The van der Waals surface area contributed by atoms with Crippen LogP contribution in [0.4, 0.5) is 0 Å². The van der Waals surface area contributed by atoms with Crippen LogP contribution in [0.2, 0.25) is 0 Å². The number of carbonyl (C=O) groups is 1. The van der Waals surface area contributed by atoms with Gasteiger partial charge >= 0.3 is 0 Å². The van der Waals surface area contributed by atoms with Gasteiger partial charge in [0, 0.05) is 24.9 Å². The summed E-state index contributed by atoms with van der Waals surface area (Å²) in [6, 6.07) is 10.2. The van der Waals surface area contributed by atoms with Crippen molar-refractivity contribution in [3.63, 3.8) is 0 Å². The fourth-order valence-electron chi connectivity index (χ4n) is 3.73. The molecular formula is C18H22N4O2. The summed E-state index contributed by atoms with van der Waals surface area (Å²) in [7, 11) is 0. The van der Waals surface area contributed by atoms with E-state index in [2.05, 4.69) is 32.9 Å². The number of fused-ring (bicyclic) bond motifs is 1. The Kier molecular flexibility index (Phi) is 4.30. The molecule has 24 heavy (non-hydrogen) atoms. The van der Waals surface area contributed by atoms with Gasteiger partial charge in [0.2, 0.25) is 5.91 Å². The highest BCUT2D eigenvalue weighted by atomic mass is 16.5. The number of amides is 1. The molecule has 0 saturated carbocycles. The van der Waals surface area contributed by atoms with Gasteiger partial charge in [-0.3, -0.25) is 4.79 Å². The fraction of sp³-hybridized carbons (Fsp3) is 0.500. The number of ether oxygens (including phenoxy) is 1. The minimum atomic E-state index is -0.0314. The third-order valence-corrected chi connectivity index (χ3v) is 5.14. The monoisotopic (exact) mass is 326 g/mol. The van der Waals surface area contributed by atoms with Gasteiger partial charge in [-0.05, 0) is 24.8 Å². The van der Waals surface area contributed by atoms with Gasteiger partial charge in [-0.15, -0.1) is 0 Å². The molecule has 2 aromatic rings. The molecule has 2 N–H and O–H groups in total. The smallest absolute Gasteiger partial charge is 0.224 e. The molecule has 1 aromatic carbocycles. The number of nitrogens with one attached hydrogen (secondary N) is 2. The van der Waals surface area contributed by atoms with Crippen molar-refractivity contribution in [3.8, 4) is 0 Å². The summed E-state index contributed by atoms with van der Waals surface area (Å²) in [6.07, 6.45) is 3.29. The Bertz CT molecular complexity index is 694. The Morgan fingerprint density at radius 1 is 1.21 bits per heavy atom. The normalized spacial score (nSPS) is 24.3. The quantitative estimate of drug-likeness (QED) is 0.898. The van der Waals surface area contributed by atoms with E-state index >= 15 is 0 Å². The second-order valence-electron chi connectivity index (χ2n) is 6.68. The Morgan fingerprint density at radius 3 is 2.83 bits per heavy atom. The van der Waals surface area contributed by atoms with Crippen molar-refractivity contribution in [2.75, 3.05) is 13.2 Å². The van der Waals surface area contributed by atoms with E-state index in [1.54, 1.807) is 0 Å². The Hall–Kier alpha value is -2.21. The van der Waals surface area contributed by atoms with E-state index in [-0.39, 0.29) is 17.9 Å². The lowest BCUT2D eigenvalue weighted by molar-refractivity contribution is -0.126. The standard InChI is InChI=1S/C18H22N4O2/c23-18(13-6-7-15-16(10-13)21-22-20-15)19-17(14-8-9-24-11-14)12-4-2-1-3-5-12/h1-5,13-14,17H,6-11H2,(H,19,23)(H,20,21,22). The average molecular weight is 326 g/mol. The Balaban J connectivity index is 1.49. The van der Waals surface area contributed by atoms with Crippen LogP contribution in [-0.2, 0) is 22.4 Å². The molecule has 3 unspecified atom stereocenters. The fourth-order valence-corrected chi connectivity index (χ4v) is 3.73. The third kappa shape index (κ3) is 3.06. The Labute approximate surface area is 141 Å². The molecule has 3 atom stereocenters. The van der Waals surface area contributed by atoms with E-state index in [1.807, 2.05) is 18.2 Å². The summed E-state index contributed by atoms with van der Waals surface area (Å²) in [5, 5.41) is 14.3. The molecule has 1 amide bonds. The number of hydrogen-bond donors (Lipinski definition) is 2. The first-order valence-electron chi connectivity index (χ1n) is 8.63. The van der Waals surface area contributed by atoms with Crippen LogP contribution in [-0.4, -0.2) is 34.5 Å². The third-order valence-electron chi connectivity index (χ3n) is 5.14. The molecule has 0 bridgehead atoms. The van der Waals surface area contributed by atoms with Crippen LogP contribution >= 0.6 is 0 Å². The predicted octanol–water partition coefficient (Wildman–Crippen LogP) is 1.80. The second-order valence-corrected chi connectivity index (χ2v) is 6.68. The van der Waals surface area contributed by atoms with Crippen molar-refractivity contribution in [3.05, 3.63) is 47.3 Å². The summed E-state index contributed by atoms with van der Waals surface area (Å²) in [5.41, 5.74) is 3.09. The maximum atomic E-state index is 12.9. The first-order chi connectivity index (χ1) is 11.8. The Morgan fingerprint density at radius 2 is 2.04 bits per heavy atom. The highest BCUT2D eigenvalue weighted by Gasteiger charge is 2.32. The average Bonchev–Trinajstić information content (AvgIpc) is 3.31. The van der Waals surface area contributed by atoms with Gasteiger partial charge in [0.05, 0.1) is 24.0 Å². The topological polar surface area (TPSA) is 79.9 Å². The van der Waals surface area contributed by atoms with E-state index in [0.717, 1.165) is 42.8 Å². The van der Waals surface area contributed by atoms with E-state index < -0.39 is 0 Å². The molecule has 1 fully saturated rings. The van der Waals surface area contributed by atoms with Crippen molar-refractivity contribution in [2.45, 2.75) is 31.7 Å². The van der Waals surface area contributed by atoms with Crippen molar-refractivity contribution in [2.24, 2.45) is 11.8 Å². The first-order valence-corrected chi connectivity index (χ1v) is 8.63. The minimum Gasteiger partial charge on any atom is -0.381 e. The molecule has 1 aliphatic carbocycles. The van der Waals surface area contributed by atoms with Crippen LogP contribution in [0, 0.1) is 11.8 Å². The largest absolute Gasteiger partial charge is 0.381 e. The van der Waals surface area contributed by atoms with Gasteiger partial charge in [-0.25, -0.2) is 0 Å². The minimum absolute atomic E-state index is 0.0138. The number of benzene rings is 1. The van der Waals surface area contributed by atoms with E-state index in [1.165, 1.54) is 0 Å². The number of aromatic amines is 1. The maximum absolute atomic E-state index is 12.9. The lowest BCUT2D eigenvalue weighted by Gasteiger charge is -2.27. The molecule has 2 aliphatic rings. The molecule has 0 radical (unpaired) electrons. The predicted molar refractivity (Wildman–Crippen MR) is 88.1 cm³/mol. The van der Waals surface area contributed by atoms with Gasteiger partial charge in [0.25, 0.3) is 0 Å². The number of H-pyrrole nitrogens is 1. The van der Waals surface area contributed by atoms with Crippen LogP contribution < -0.4 is 5.32 Å². The number of aromatic nitrogens is 3. The number of rotatable bonds is 4.